The number of esters is 1. The van der Waals surface area contributed by atoms with Crippen LogP contribution in [-0.4, -0.2) is 49.4 Å². The zero-order valence-corrected chi connectivity index (χ0v) is 18.5. The Morgan fingerprint density at radius 2 is 1.88 bits per heavy atom. The molecule has 0 radical (unpaired) electrons. The second-order valence-electron chi connectivity index (χ2n) is 8.29. The molecule has 1 aromatic carbocycles. The molecule has 3 heterocycles. The normalized spacial score (nSPS) is 25.1. The number of benzene rings is 1. The minimum absolute atomic E-state index is 0.308. The predicted molar refractivity (Wildman–Crippen MR) is 116 cm³/mol. The number of aliphatic carboxylic acids is 1. The third-order valence-electron chi connectivity index (χ3n) is 6.67. The van der Waals surface area contributed by atoms with Gasteiger partial charge in [-0.1, -0.05) is 6.07 Å². The number of fused-ring (bicyclic) bond motifs is 5. The fourth-order valence-electron chi connectivity index (χ4n) is 5.24. The van der Waals surface area contributed by atoms with Crippen LogP contribution in [0.2, 0.25) is 0 Å². The van der Waals surface area contributed by atoms with Gasteiger partial charge < -0.3 is 24.6 Å². The van der Waals surface area contributed by atoms with Gasteiger partial charge in [-0.15, -0.1) is 11.3 Å². The number of hydrogen-bond acceptors (Lipinski definition) is 7. The minimum atomic E-state index is -1.03. The van der Waals surface area contributed by atoms with E-state index in [1.54, 1.807) is 7.11 Å². The Balaban J connectivity index is 1.53. The van der Waals surface area contributed by atoms with Crippen molar-refractivity contribution in [3.63, 3.8) is 0 Å². The van der Waals surface area contributed by atoms with Crippen LogP contribution in [-0.2, 0) is 31.9 Å². The minimum Gasteiger partial charge on any atom is -0.497 e. The zero-order valence-electron chi connectivity index (χ0n) is 17.7. The lowest BCUT2D eigenvalue weighted by Gasteiger charge is -2.23. The number of amides is 1. The van der Waals surface area contributed by atoms with Gasteiger partial charge in [0.2, 0.25) is 5.91 Å². The molecule has 2 aromatic rings. The molecular weight excluding hydrogens is 434 g/mol. The fraction of sp³-hybridized carbons (Fsp3) is 0.435. The number of methoxy groups -OCH3 is 2. The predicted octanol–water partition coefficient (Wildman–Crippen LogP) is 3.13. The molecule has 2 aliphatic heterocycles. The van der Waals surface area contributed by atoms with Crippen molar-refractivity contribution in [2.24, 2.45) is 11.8 Å². The van der Waals surface area contributed by atoms with Crippen LogP contribution in [0.1, 0.15) is 33.6 Å². The van der Waals surface area contributed by atoms with Crippen LogP contribution in [0.4, 0.5) is 5.00 Å². The Kier molecular flexibility index (Phi) is 5.17. The van der Waals surface area contributed by atoms with Crippen molar-refractivity contribution in [1.29, 1.82) is 0 Å². The first-order valence-corrected chi connectivity index (χ1v) is 11.3. The van der Waals surface area contributed by atoms with Gasteiger partial charge in [-0.2, -0.15) is 0 Å². The summed E-state index contributed by atoms with van der Waals surface area (Å²) >= 11 is 1.34. The average Bonchev–Trinajstić information content (AvgIpc) is 3.50. The highest BCUT2D eigenvalue weighted by Crippen LogP contribution is 2.48. The molecule has 8 nitrogen and oxygen atoms in total. The lowest BCUT2D eigenvalue weighted by atomic mass is 9.78. The number of carbonyl (C=O) groups is 3. The molecule has 9 heteroatoms. The molecular formula is C23H23NO7S. The number of aryl methyl sites for hydroxylation is 2. The molecule has 32 heavy (non-hydrogen) atoms. The molecule has 1 aliphatic carbocycles. The first-order valence-electron chi connectivity index (χ1n) is 10.5. The molecule has 0 spiro atoms. The number of nitrogens with one attached hydrogen (secondary N) is 1. The summed E-state index contributed by atoms with van der Waals surface area (Å²) in [7, 11) is 2.91. The van der Waals surface area contributed by atoms with Crippen molar-refractivity contribution in [3.8, 4) is 16.9 Å². The highest BCUT2D eigenvalue weighted by atomic mass is 32.1. The van der Waals surface area contributed by atoms with Crippen LogP contribution < -0.4 is 10.1 Å². The summed E-state index contributed by atoms with van der Waals surface area (Å²) in [5.74, 6) is -2.92. The van der Waals surface area contributed by atoms with Crippen molar-refractivity contribution in [1.82, 2.24) is 0 Å². The van der Waals surface area contributed by atoms with Gasteiger partial charge in [0, 0.05) is 10.4 Å². The monoisotopic (exact) mass is 457 g/mol. The Morgan fingerprint density at radius 1 is 1.12 bits per heavy atom. The quantitative estimate of drug-likeness (QED) is 0.664. The van der Waals surface area contributed by atoms with E-state index >= 15 is 0 Å². The first kappa shape index (κ1) is 21.0. The van der Waals surface area contributed by atoms with Crippen molar-refractivity contribution >= 4 is 34.2 Å². The van der Waals surface area contributed by atoms with Crippen molar-refractivity contribution in [2.75, 3.05) is 19.5 Å². The summed E-state index contributed by atoms with van der Waals surface area (Å²) in [6, 6.07) is 5.72. The summed E-state index contributed by atoms with van der Waals surface area (Å²) in [5, 5.41) is 12.9. The highest BCUT2D eigenvalue weighted by molar-refractivity contribution is 7.17. The van der Waals surface area contributed by atoms with Gasteiger partial charge in [0.1, 0.15) is 16.3 Å². The summed E-state index contributed by atoms with van der Waals surface area (Å²) in [4.78, 5) is 38.8. The van der Waals surface area contributed by atoms with Gasteiger partial charge in [-0.25, -0.2) is 4.79 Å². The SMILES string of the molecule is COC(=O)c1c(NC(=O)[C@@H]2[C@@H](C(=O)O)[C@@H]3CC[C@@H]2O3)sc2c1-c1ccc(OC)cc1CC2. The number of rotatable bonds is 5. The summed E-state index contributed by atoms with van der Waals surface area (Å²) < 4.78 is 16.1. The van der Waals surface area contributed by atoms with Gasteiger partial charge in [0.05, 0.1) is 38.3 Å². The lowest BCUT2D eigenvalue weighted by molar-refractivity contribution is -0.147. The van der Waals surface area contributed by atoms with Crippen molar-refractivity contribution < 1.29 is 33.7 Å². The van der Waals surface area contributed by atoms with Gasteiger partial charge in [0.15, 0.2) is 0 Å². The molecule has 2 saturated heterocycles. The van der Waals surface area contributed by atoms with E-state index in [-0.39, 0.29) is 0 Å². The van der Waals surface area contributed by atoms with Gasteiger partial charge >= 0.3 is 11.9 Å². The lowest BCUT2D eigenvalue weighted by Crippen LogP contribution is -2.41. The fourth-order valence-corrected chi connectivity index (χ4v) is 6.44. The maximum absolute atomic E-state index is 13.2. The molecule has 168 valence electrons. The van der Waals surface area contributed by atoms with Gasteiger partial charge in [-0.3, -0.25) is 9.59 Å². The molecule has 3 aliphatic rings. The standard InChI is InChI=1S/C23H23NO7S/c1-29-11-4-5-12-10(9-11)3-8-15-16(12)19(23(28)30-2)21(32-15)24-20(25)17-13-6-7-14(31-13)18(17)22(26)27/h4-5,9,13-14,17-18H,3,6-8H2,1-2H3,(H,24,25)(H,26,27)/t13-,14-,17-,18-/m0/s1. The van der Waals surface area contributed by atoms with E-state index in [0.29, 0.717) is 23.4 Å². The number of carboxylic acids is 1. The molecule has 1 amide bonds. The topological polar surface area (TPSA) is 111 Å². The Bertz CT molecular complexity index is 1120. The van der Waals surface area contributed by atoms with Crippen molar-refractivity contribution in [2.45, 2.75) is 37.9 Å². The molecule has 2 fully saturated rings. The second kappa shape index (κ2) is 7.90. The summed E-state index contributed by atoms with van der Waals surface area (Å²) in [5.41, 5.74) is 3.05. The summed E-state index contributed by atoms with van der Waals surface area (Å²) in [6.07, 6.45) is 1.96. The van der Waals surface area contributed by atoms with E-state index in [9.17, 15) is 19.5 Å². The van der Waals surface area contributed by atoms with Crippen LogP contribution in [0.25, 0.3) is 11.1 Å². The number of thiophene rings is 1. The molecule has 1 aromatic heterocycles. The molecule has 5 rings (SSSR count). The Morgan fingerprint density at radius 3 is 2.56 bits per heavy atom. The van der Waals surface area contributed by atoms with E-state index in [1.807, 2.05) is 18.2 Å². The van der Waals surface area contributed by atoms with Crippen LogP contribution in [0.15, 0.2) is 18.2 Å². The van der Waals surface area contributed by atoms with Crippen LogP contribution >= 0.6 is 11.3 Å². The first-order chi connectivity index (χ1) is 15.4. The molecule has 2 bridgehead atoms. The number of anilines is 1. The summed E-state index contributed by atoms with van der Waals surface area (Å²) in [6.45, 7) is 0. The number of carbonyl (C=O) groups excluding carboxylic acids is 2. The van der Waals surface area contributed by atoms with E-state index in [0.717, 1.165) is 40.2 Å². The highest BCUT2D eigenvalue weighted by Gasteiger charge is 2.55. The Hall–Kier alpha value is -2.91. The average molecular weight is 458 g/mol. The largest absolute Gasteiger partial charge is 0.497 e. The maximum atomic E-state index is 13.2. The second-order valence-corrected chi connectivity index (χ2v) is 9.39. The smallest absolute Gasteiger partial charge is 0.341 e. The van der Waals surface area contributed by atoms with Crippen molar-refractivity contribution in [3.05, 3.63) is 34.2 Å². The van der Waals surface area contributed by atoms with Gasteiger partial charge in [0.25, 0.3) is 0 Å². The zero-order chi connectivity index (χ0) is 22.6. The third kappa shape index (κ3) is 3.18. The van der Waals surface area contributed by atoms with E-state index in [2.05, 4.69) is 5.32 Å². The van der Waals surface area contributed by atoms with Crippen LogP contribution in [0.5, 0.6) is 5.75 Å². The number of hydrogen-bond donors (Lipinski definition) is 2. The number of carboxylic acid groups (broad SMARTS) is 1. The van der Waals surface area contributed by atoms with Crippen LogP contribution in [0.3, 0.4) is 0 Å². The molecule has 0 unspecified atom stereocenters. The third-order valence-corrected chi connectivity index (χ3v) is 7.84. The molecule has 4 atom stereocenters. The molecule has 2 N–H and O–H groups in total. The van der Waals surface area contributed by atoms with Crippen LogP contribution in [0, 0.1) is 11.8 Å². The number of ether oxygens (including phenoxy) is 3. The van der Waals surface area contributed by atoms with E-state index in [1.165, 1.54) is 18.4 Å². The Labute approximate surface area is 188 Å². The molecule has 0 saturated carbocycles. The van der Waals surface area contributed by atoms with Gasteiger partial charge in [-0.05, 0) is 48.9 Å². The maximum Gasteiger partial charge on any atom is 0.341 e. The van der Waals surface area contributed by atoms with E-state index in [4.69, 9.17) is 14.2 Å². The van der Waals surface area contributed by atoms with E-state index < -0.39 is 41.9 Å².